The molecule has 100 valence electrons. The molecule has 5 heteroatoms. The number of hydrogen-bond acceptors (Lipinski definition) is 2. The van der Waals surface area contributed by atoms with Crippen molar-refractivity contribution in [3.8, 4) is 0 Å². The molecule has 2 rings (SSSR count). The number of anilines is 1. The molecule has 0 amide bonds. The standard InChI is InChI=1S/C14H12BrClFNO/c15-10-4-5-12(16)13(7-10)18-8-14(19)9-2-1-3-11(17)6-9/h1-7,14,18-19H,8H2. The molecule has 0 fully saturated rings. The van der Waals surface area contributed by atoms with Crippen molar-refractivity contribution in [3.63, 3.8) is 0 Å². The quantitative estimate of drug-likeness (QED) is 0.862. The third-order valence-electron chi connectivity index (χ3n) is 2.65. The number of benzene rings is 2. The largest absolute Gasteiger partial charge is 0.387 e. The van der Waals surface area contributed by atoms with Crippen LogP contribution in [0.1, 0.15) is 11.7 Å². The first kappa shape index (κ1) is 14.3. The third kappa shape index (κ3) is 3.93. The van der Waals surface area contributed by atoms with E-state index in [1.165, 1.54) is 12.1 Å². The summed E-state index contributed by atoms with van der Waals surface area (Å²) in [6, 6.07) is 11.3. The van der Waals surface area contributed by atoms with Gasteiger partial charge in [0.2, 0.25) is 0 Å². The second-order valence-corrected chi connectivity index (χ2v) is 5.40. The Morgan fingerprint density at radius 2 is 2.05 bits per heavy atom. The molecule has 0 spiro atoms. The van der Waals surface area contributed by atoms with Gasteiger partial charge in [-0.2, -0.15) is 0 Å². The smallest absolute Gasteiger partial charge is 0.123 e. The number of aliphatic hydroxyl groups excluding tert-OH is 1. The van der Waals surface area contributed by atoms with Gasteiger partial charge in [-0.15, -0.1) is 0 Å². The van der Waals surface area contributed by atoms with Gasteiger partial charge in [0.05, 0.1) is 16.8 Å². The van der Waals surface area contributed by atoms with Crippen molar-refractivity contribution in [1.82, 2.24) is 0 Å². The van der Waals surface area contributed by atoms with Crippen LogP contribution in [0.25, 0.3) is 0 Å². The fraction of sp³-hybridized carbons (Fsp3) is 0.143. The molecule has 2 N–H and O–H groups in total. The highest BCUT2D eigenvalue weighted by atomic mass is 79.9. The Kier molecular flexibility index (Phi) is 4.80. The van der Waals surface area contributed by atoms with E-state index in [9.17, 15) is 9.50 Å². The Hall–Kier alpha value is -1.10. The minimum absolute atomic E-state index is 0.250. The Morgan fingerprint density at radius 3 is 2.79 bits per heavy atom. The lowest BCUT2D eigenvalue weighted by Gasteiger charge is -2.14. The maximum absolute atomic E-state index is 13.0. The Labute approximate surface area is 124 Å². The third-order valence-corrected chi connectivity index (χ3v) is 3.47. The van der Waals surface area contributed by atoms with E-state index in [0.717, 1.165) is 4.47 Å². The van der Waals surface area contributed by atoms with E-state index in [1.54, 1.807) is 18.2 Å². The molecule has 0 aliphatic rings. The fourth-order valence-electron chi connectivity index (χ4n) is 1.67. The highest BCUT2D eigenvalue weighted by Crippen LogP contribution is 2.26. The maximum atomic E-state index is 13.0. The molecule has 0 saturated carbocycles. The molecule has 0 heterocycles. The number of aliphatic hydroxyl groups is 1. The molecule has 0 aliphatic heterocycles. The topological polar surface area (TPSA) is 32.3 Å². The molecule has 1 unspecified atom stereocenters. The number of nitrogens with one attached hydrogen (secondary N) is 1. The minimum Gasteiger partial charge on any atom is -0.387 e. The lowest BCUT2D eigenvalue weighted by molar-refractivity contribution is 0.191. The van der Waals surface area contributed by atoms with Gasteiger partial charge in [0.15, 0.2) is 0 Å². The normalized spacial score (nSPS) is 12.2. The predicted octanol–water partition coefficient (Wildman–Crippen LogP) is 4.39. The molecule has 2 nitrogen and oxygen atoms in total. The van der Waals surface area contributed by atoms with E-state index in [4.69, 9.17) is 11.6 Å². The summed E-state index contributed by atoms with van der Waals surface area (Å²) < 4.78 is 13.9. The van der Waals surface area contributed by atoms with Crippen molar-refractivity contribution in [3.05, 3.63) is 63.3 Å². The van der Waals surface area contributed by atoms with Crippen molar-refractivity contribution in [2.75, 3.05) is 11.9 Å². The summed E-state index contributed by atoms with van der Waals surface area (Å²) in [4.78, 5) is 0. The molecule has 0 bridgehead atoms. The summed E-state index contributed by atoms with van der Waals surface area (Å²) >= 11 is 9.37. The van der Waals surface area contributed by atoms with Gasteiger partial charge >= 0.3 is 0 Å². The van der Waals surface area contributed by atoms with Gasteiger partial charge in [-0.05, 0) is 35.9 Å². The summed E-state index contributed by atoms with van der Waals surface area (Å²) in [6.45, 7) is 0.250. The van der Waals surface area contributed by atoms with Gasteiger partial charge in [0, 0.05) is 11.0 Å². The van der Waals surface area contributed by atoms with Gasteiger partial charge in [-0.25, -0.2) is 4.39 Å². The second kappa shape index (κ2) is 6.37. The van der Waals surface area contributed by atoms with Crippen LogP contribution >= 0.6 is 27.5 Å². The van der Waals surface area contributed by atoms with Crippen LogP contribution in [0.2, 0.25) is 5.02 Å². The lowest BCUT2D eigenvalue weighted by Crippen LogP contribution is -2.12. The molecule has 0 aromatic heterocycles. The monoisotopic (exact) mass is 343 g/mol. The highest BCUT2D eigenvalue weighted by molar-refractivity contribution is 9.10. The second-order valence-electron chi connectivity index (χ2n) is 4.08. The zero-order valence-electron chi connectivity index (χ0n) is 9.91. The van der Waals surface area contributed by atoms with E-state index in [1.807, 2.05) is 12.1 Å². The van der Waals surface area contributed by atoms with Crippen molar-refractivity contribution in [2.24, 2.45) is 0 Å². The Bertz CT molecular complexity index is 579. The van der Waals surface area contributed by atoms with E-state index >= 15 is 0 Å². The van der Waals surface area contributed by atoms with Crippen molar-refractivity contribution in [2.45, 2.75) is 6.10 Å². The highest BCUT2D eigenvalue weighted by Gasteiger charge is 2.09. The number of rotatable bonds is 4. The first-order chi connectivity index (χ1) is 9.06. The van der Waals surface area contributed by atoms with E-state index in [2.05, 4.69) is 21.2 Å². The SMILES string of the molecule is OC(CNc1cc(Br)ccc1Cl)c1cccc(F)c1. The molecule has 2 aromatic carbocycles. The van der Waals surface area contributed by atoms with Crippen LogP contribution in [0.5, 0.6) is 0 Å². The summed E-state index contributed by atoms with van der Waals surface area (Å²) in [5.74, 6) is -0.364. The van der Waals surface area contributed by atoms with Gasteiger partial charge in [-0.1, -0.05) is 39.7 Å². The Morgan fingerprint density at radius 1 is 1.26 bits per heavy atom. The average molecular weight is 345 g/mol. The van der Waals surface area contributed by atoms with Crippen LogP contribution in [0.4, 0.5) is 10.1 Å². The average Bonchev–Trinajstić information content (AvgIpc) is 2.39. The minimum atomic E-state index is -0.800. The molecular weight excluding hydrogens is 333 g/mol. The molecule has 2 aromatic rings. The predicted molar refractivity (Wildman–Crippen MR) is 79.0 cm³/mol. The summed E-state index contributed by atoms with van der Waals surface area (Å²) in [6.07, 6.45) is -0.800. The van der Waals surface area contributed by atoms with Crippen LogP contribution < -0.4 is 5.32 Å². The molecule has 0 radical (unpaired) electrons. The van der Waals surface area contributed by atoms with Crippen LogP contribution in [0.15, 0.2) is 46.9 Å². The van der Waals surface area contributed by atoms with Crippen LogP contribution in [-0.2, 0) is 0 Å². The van der Waals surface area contributed by atoms with Gasteiger partial charge < -0.3 is 10.4 Å². The van der Waals surface area contributed by atoms with Crippen LogP contribution in [0, 0.1) is 5.82 Å². The number of halogens is 3. The first-order valence-electron chi connectivity index (χ1n) is 5.69. The zero-order chi connectivity index (χ0) is 13.8. The Balaban J connectivity index is 2.04. The fourth-order valence-corrected chi connectivity index (χ4v) is 2.22. The van der Waals surface area contributed by atoms with Gasteiger partial charge in [-0.3, -0.25) is 0 Å². The lowest BCUT2D eigenvalue weighted by atomic mass is 10.1. The molecular formula is C14H12BrClFNO. The zero-order valence-corrected chi connectivity index (χ0v) is 12.2. The molecule has 0 saturated heterocycles. The summed E-state index contributed by atoms with van der Waals surface area (Å²) in [7, 11) is 0. The molecule has 1 atom stereocenters. The van der Waals surface area contributed by atoms with E-state index < -0.39 is 6.10 Å². The van der Waals surface area contributed by atoms with Crippen molar-refractivity contribution < 1.29 is 9.50 Å². The van der Waals surface area contributed by atoms with Crippen molar-refractivity contribution >= 4 is 33.2 Å². The van der Waals surface area contributed by atoms with E-state index in [0.29, 0.717) is 16.3 Å². The molecule has 0 aliphatic carbocycles. The van der Waals surface area contributed by atoms with Crippen molar-refractivity contribution in [1.29, 1.82) is 0 Å². The number of hydrogen-bond donors (Lipinski definition) is 2. The van der Waals surface area contributed by atoms with Crippen LogP contribution in [-0.4, -0.2) is 11.7 Å². The van der Waals surface area contributed by atoms with Gasteiger partial charge in [0.25, 0.3) is 0 Å². The first-order valence-corrected chi connectivity index (χ1v) is 6.86. The molecule has 19 heavy (non-hydrogen) atoms. The summed E-state index contributed by atoms with van der Waals surface area (Å²) in [5, 5.41) is 13.6. The summed E-state index contributed by atoms with van der Waals surface area (Å²) in [5.41, 5.74) is 1.24. The van der Waals surface area contributed by atoms with Gasteiger partial charge in [0.1, 0.15) is 5.82 Å². The van der Waals surface area contributed by atoms with E-state index in [-0.39, 0.29) is 12.4 Å². The maximum Gasteiger partial charge on any atom is 0.123 e. The van der Waals surface area contributed by atoms with Crippen LogP contribution in [0.3, 0.4) is 0 Å².